The molecule has 0 saturated heterocycles. The average Bonchev–Trinajstić information content (AvgIpc) is 3.14. The van der Waals surface area contributed by atoms with Crippen molar-refractivity contribution in [2.24, 2.45) is 0 Å². The Balaban J connectivity index is 1.31. The van der Waals surface area contributed by atoms with Gasteiger partial charge in [-0.05, 0) is 33.9 Å². The molecule has 0 fully saturated rings. The van der Waals surface area contributed by atoms with E-state index < -0.39 is 6.09 Å². The molecule has 1 aliphatic carbocycles. The van der Waals surface area contributed by atoms with E-state index in [4.69, 9.17) is 4.74 Å². The molecule has 0 atom stereocenters. The Kier molecular flexibility index (Phi) is 6.27. The van der Waals surface area contributed by atoms with Crippen LogP contribution in [-0.2, 0) is 4.74 Å². The van der Waals surface area contributed by atoms with E-state index in [1.807, 2.05) is 67.6 Å². The zero-order valence-electron chi connectivity index (χ0n) is 17.5. The van der Waals surface area contributed by atoms with Crippen molar-refractivity contribution in [3.8, 4) is 11.1 Å². The highest BCUT2D eigenvalue weighted by atomic mass is 16.5. The summed E-state index contributed by atoms with van der Waals surface area (Å²) in [6.07, 6.45) is 3.77. The van der Waals surface area contributed by atoms with Crippen LogP contribution in [0.25, 0.3) is 17.2 Å². The molecule has 1 aliphatic rings. The van der Waals surface area contributed by atoms with Crippen molar-refractivity contribution in [1.29, 1.82) is 0 Å². The second kappa shape index (κ2) is 9.43. The van der Waals surface area contributed by atoms with Gasteiger partial charge in [-0.25, -0.2) is 4.79 Å². The third-order valence-electron chi connectivity index (χ3n) is 5.55. The van der Waals surface area contributed by atoms with Crippen LogP contribution in [0.3, 0.4) is 0 Å². The van der Waals surface area contributed by atoms with E-state index in [-0.39, 0.29) is 11.7 Å². The van der Waals surface area contributed by atoms with Crippen molar-refractivity contribution >= 4 is 18.0 Å². The minimum Gasteiger partial charge on any atom is -0.449 e. The van der Waals surface area contributed by atoms with Gasteiger partial charge in [0.1, 0.15) is 6.61 Å². The van der Waals surface area contributed by atoms with Crippen LogP contribution in [0.15, 0.2) is 78.9 Å². The van der Waals surface area contributed by atoms with Crippen molar-refractivity contribution in [2.75, 3.05) is 13.2 Å². The number of rotatable bonds is 7. The number of ketones is 1. The zero-order valence-corrected chi connectivity index (χ0v) is 17.5. The summed E-state index contributed by atoms with van der Waals surface area (Å²) in [5.74, 6) is 0.166. The van der Waals surface area contributed by atoms with E-state index in [1.54, 1.807) is 0 Å². The van der Waals surface area contributed by atoms with Gasteiger partial charge in [0.25, 0.3) is 0 Å². The first-order valence-corrected chi connectivity index (χ1v) is 10.6. The van der Waals surface area contributed by atoms with Crippen LogP contribution in [0.4, 0.5) is 4.79 Å². The molecule has 1 N–H and O–H groups in total. The molecule has 4 nitrogen and oxygen atoms in total. The first kappa shape index (κ1) is 20.6. The summed E-state index contributed by atoms with van der Waals surface area (Å²) in [5, 5.41) is 2.76. The van der Waals surface area contributed by atoms with Crippen LogP contribution in [-0.4, -0.2) is 25.0 Å². The van der Waals surface area contributed by atoms with Gasteiger partial charge in [0.15, 0.2) is 5.78 Å². The summed E-state index contributed by atoms with van der Waals surface area (Å²) >= 11 is 0. The number of nitrogens with one attached hydrogen (secondary N) is 1. The Morgan fingerprint density at radius 3 is 2.29 bits per heavy atom. The molecule has 0 heterocycles. The highest BCUT2D eigenvalue weighted by Crippen LogP contribution is 2.44. The summed E-state index contributed by atoms with van der Waals surface area (Å²) in [4.78, 5) is 24.0. The monoisotopic (exact) mass is 411 g/mol. The molecule has 3 aromatic carbocycles. The van der Waals surface area contributed by atoms with Gasteiger partial charge in [0, 0.05) is 24.4 Å². The van der Waals surface area contributed by atoms with Gasteiger partial charge in [-0.1, -0.05) is 85.8 Å². The lowest BCUT2D eigenvalue weighted by Gasteiger charge is -2.14. The van der Waals surface area contributed by atoms with Crippen LogP contribution < -0.4 is 5.32 Å². The number of carbonyl (C=O) groups is 2. The van der Waals surface area contributed by atoms with Crippen molar-refractivity contribution < 1.29 is 14.3 Å². The standard InChI is InChI=1S/C27H25NO3/c1-2-26(29)20-11-7-9-19(17-20)10-8-16-28-27(30)31-18-25-23-14-5-3-12-21(23)22-13-4-6-15-24(22)25/h3-15,17,25H,2,16,18H2,1H3,(H,28,30). The van der Waals surface area contributed by atoms with Crippen LogP contribution in [0.2, 0.25) is 0 Å². The molecule has 31 heavy (non-hydrogen) atoms. The van der Waals surface area contributed by atoms with Crippen molar-refractivity contribution in [3.05, 3.63) is 101 Å². The Bertz CT molecular complexity index is 1090. The largest absolute Gasteiger partial charge is 0.449 e. The van der Waals surface area contributed by atoms with Crippen LogP contribution >= 0.6 is 0 Å². The number of amides is 1. The van der Waals surface area contributed by atoms with E-state index in [9.17, 15) is 9.59 Å². The van der Waals surface area contributed by atoms with E-state index in [1.165, 1.54) is 22.3 Å². The highest BCUT2D eigenvalue weighted by molar-refractivity contribution is 5.96. The molecule has 0 radical (unpaired) electrons. The molecule has 0 spiro atoms. The molecule has 0 unspecified atom stereocenters. The fraction of sp³-hybridized carbons (Fsp3) is 0.185. The fourth-order valence-corrected chi connectivity index (χ4v) is 4.01. The molecule has 4 heteroatoms. The molecule has 3 aromatic rings. The number of hydrogen-bond acceptors (Lipinski definition) is 3. The van der Waals surface area contributed by atoms with Crippen LogP contribution in [0, 0.1) is 0 Å². The van der Waals surface area contributed by atoms with E-state index >= 15 is 0 Å². The van der Waals surface area contributed by atoms with Gasteiger partial charge < -0.3 is 10.1 Å². The van der Waals surface area contributed by atoms with E-state index in [0.717, 1.165) is 5.56 Å². The number of hydrogen-bond donors (Lipinski definition) is 1. The number of Topliss-reactive ketones (excluding diaryl/α,β-unsaturated/α-hetero) is 1. The minimum atomic E-state index is -0.443. The van der Waals surface area contributed by atoms with Gasteiger partial charge in [0.05, 0.1) is 0 Å². The summed E-state index contributed by atoms with van der Waals surface area (Å²) in [6.45, 7) is 2.50. The zero-order chi connectivity index (χ0) is 21.6. The molecule has 4 rings (SSSR count). The second-order valence-electron chi connectivity index (χ2n) is 7.51. The topological polar surface area (TPSA) is 55.4 Å². The van der Waals surface area contributed by atoms with E-state index in [2.05, 4.69) is 29.6 Å². The van der Waals surface area contributed by atoms with E-state index in [0.29, 0.717) is 25.1 Å². The van der Waals surface area contributed by atoms with Crippen molar-refractivity contribution in [3.63, 3.8) is 0 Å². The van der Waals surface area contributed by atoms with Gasteiger partial charge >= 0.3 is 6.09 Å². The Morgan fingerprint density at radius 1 is 0.935 bits per heavy atom. The highest BCUT2D eigenvalue weighted by Gasteiger charge is 2.28. The molecule has 0 aromatic heterocycles. The van der Waals surface area contributed by atoms with Gasteiger partial charge in [-0.2, -0.15) is 0 Å². The molecular formula is C27H25NO3. The lowest BCUT2D eigenvalue weighted by Crippen LogP contribution is -2.26. The lowest BCUT2D eigenvalue weighted by molar-refractivity contribution is 0.0988. The van der Waals surface area contributed by atoms with Gasteiger partial charge in [-0.3, -0.25) is 4.79 Å². The lowest BCUT2D eigenvalue weighted by atomic mass is 9.98. The second-order valence-corrected chi connectivity index (χ2v) is 7.51. The number of benzene rings is 3. The first-order chi connectivity index (χ1) is 15.2. The third kappa shape index (κ3) is 4.58. The molecule has 156 valence electrons. The molecular weight excluding hydrogens is 386 g/mol. The summed E-state index contributed by atoms with van der Waals surface area (Å²) in [7, 11) is 0. The van der Waals surface area contributed by atoms with Gasteiger partial charge in [0.2, 0.25) is 0 Å². The molecule has 0 saturated carbocycles. The Hall–Kier alpha value is -3.66. The summed E-state index contributed by atoms with van der Waals surface area (Å²) < 4.78 is 5.53. The fourth-order valence-electron chi connectivity index (χ4n) is 4.01. The maximum absolute atomic E-state index is 12.2. The molecule has 0 bridgehead atoms. The third-order valence-corrected chi connectivity index (χ3v) is 5.55. The predicted octanol–water partition coefficient (Wildman–Crippen LogP) is 5.83. The first-order valence-electron chi connectivity index (χ1n) is 10.6. The maximum atomic E-state index is 12.2. The SMILES string of the molecule is CCC(=O)c1cccc(C=CCNC(=O)OCC2c3ccccc3-c3ccccc32)c1. The Labute approximate surface area is 182 Å². The smallest absolute Gasteiger partial charge is 0.407 e. The Morgan fingerprint density at radius 2 is 1.61 bits per heavy atom. The number of fused-ring (bicyclic) bond motifs is 3. The number of alkyl carbamates (subject to hydrolysis) is 1. The summed E-state index contributed by atoms with van der Waals surface area (Å²) in [5.41, 5.74) is 6.43. The average molecular weight is 412 g/mol. The minimum absolute atomic E-state index is 0.0486. The van der Waals surface area contributed by atoms with Crippen molar-refractivity contribution in [2.45, 2.75) is 19.3 Å². The molecule has 0 aliphatic heterocycles. The number of ether oxygens (including phenoxy) is 1. The normalized spacial score (nSPS) is 12.4. The maximum Gasteiger partial charge on any atom is 0.407 e. The van der Waals surface area contributed by atoms with Crippen LogP contribution in [0.1, 0.15) is 46.3 Å². The van der Waals surface area contributed by atoms with Gasteiger partial charge in [-0.15, -0.1) is 0 Å². The molecule has 1 amide bonds. The predicted molar refractivity (Wildman–Crippen MR) is 123 cm³/mol. The van der Waals surface area contributed by atoms with Crippen molar-refractivity contribution in [1.82, 2.24) is 5.32 Å². The van der Waals surface area contributed by atoms with Crippen LogP contribution in [0.5, 0.6) is 0 Å². The quantitative estimate of drug-likeness (QED) is 0.498. The number of carbonyl (C=O) groups excluding carboxylic acids is 2. The summed E-state index contributed by atoms with van der Waals surface area (Å²) in [6, 6.07) is 24.0.